The van der Waals surface area contributed by atoms with Crippen molar-refractivity contribution in [1.29, 1.82) is 0 Å². The van der Waals surface area contributed by atoms with Gasteiger partial charge in [-0.25, -0.2) is 0 Å². The fourth-order valence-electron chi connectivity index (χ4n) is 14.7. The number of nitrogens with one attached hydrogen (secondary N) is 2. The van der Waals surface area contributed by atoms with Crippen molar-refractivity contribution >= 4 is 29.5 Å². The maximum absolute atomic E-state index is 14.4. The Kier molecular flexibility index (Phi) is 9.39. The lowest BCUT2D eigenvalue weighted by atomic mass is 9.33. The number of hydrogen-bond acceptors (Lipinski definition) is 7. The number of carboxylic acids is 1. The molecule has 0 spiro atoms. The van der Waals surface area contributed by atoms with Gasteiger partial charge in [-0.15, -0.1) is 0 Å². The van der Waals surface area contributed by atoms with E-state index in [0.29, 0.717) is 43.1 Å². The Balaban J connectivity index is 1.04. The number of carbonyl (C=O) groups is 5. The van der Waals surface area contributed by atoms with Crippen molar-refractivity contribution in [3.05, 3.63) is 40.7 Å². The summed E-state index contributed by atoms with van der Waals surface area (Å²) < 4.78 is 6.42. The summed E-state index contributed by atoms with van der Waals surface area (Å²) >= 11 is 0. The molecule has 0 radical (unpaired) electrons. The van der Waals surface area contributed by atoms with Crippen LogP contribution in [0.25, 0.3) is 0 Å². The smallest absolute Gasteiger partial charge is 0.309 e. The maximum atomic E-state index is 14.4. The molecule has 8 rings (SSSR count). The van der Waals surface area contributed by atoms with Crippen molar-refractivity contribution in [2.45, 2.75) is 163 Å². The number of ether oxygens (including phenoxy) is 1. The summed E-state index contributed by atoms with van der Waals surface area (Å²) in [6.07, 6.45) is 10.5. The van der Waals surface area contributed by atoms with Crippen LogP contribution in [0.1, 0.15) is 155 Å². The van der Waals surface area contributed by atoms with E-state index in [0.717, 1.165) is 56.2 Å². The van der Waals surface area contributed by atoms with E-state index in [2.05, 4.69) is 64.1 Å². The number of ketones is 1. The van der Waals surface area contributed by atoms with Crippen molar-refractivity contribution in [1.82, 2.24) is 15.6 Å². The molecule has 7 aliphatic rings. The molecule has 10 atom stereocenters. The average Bonchev–Trinajstić information content (AvgIpc) is 3.85. The van der Waals surface area contributed by atoms with E-state index >= 15 is 0 Å². The number of nitrogens with zero attached hydrogens (tertiary/aromatic N) is 1. The quantitative estimate of drug-likeness (QED) is 0.223. The van der Waals surface area contributed by atoms with Gasteiger partial charge in [0, 0.05) is 23.7 Å². The van der Waals surface area contributed by atoms with Crippen LogP contribution in [0.2, 0.25) is 0 Å². The highest BCUT2D eigenvalue weighted by molar-refractivity contribution is 6.04. The third kappa shape index (κ3) is 5.74. The molecule has 0 aliphatic heterocycles. The number of aromatic nitrogens is 1. The lowest BCUT2D eigenvalue weighted by molar-refractivity contribution is -0.235. The van der Waals surface area contributed by atoms with Crippen LogP contribution in [0, 0.1) is 69.5 Å². The molecule has 1 unspecified atom stereocenters. The first-order valence-corrected chi connectivity index (χ1v) is 22.3. The molecule has 10 nitrogen and oxygen atoms in total. The van der Waals surface area contributed by atoms with E-state index in [1.165, 1.54) is 5.57 Å². The highest BCUT2D eigenvalue weighted by atomic mass is 16.5. The molecule has 6 saturated carbocycles. The number of rotatable bonds is 8. The second-order valence-electron chi connectivity index (χ2n) is 22.2. The summed E-state index contributed by atoms with van der Waals surface area (Å²) in [5.41, 5.74) is 0.646. The Morgan fingerprint density at radius 2 is 1.52 bits per heavy atom. The van der Waals surface area contributed by atoms with Crippen molar-refractivity contribution in [2.75, 3.05) is 0 Å². The van der Waals surface area contributed by atoms with Gasteiger partial charge in [0.1, 0.15) is 11.6 Å². The molecule has 1 aromatic heterocycles. The lowest BCUT2D eigenvalue weighted by Gasteiger charge is -2.72. The Bertz CT molecular complexity index is 1980. The minimum atomic E-state index is -0.988. The van der Waals surface area contributed by atoms with Crippen LogP contribution in [-0.4, -0.2) is 56.8 Å². The predicted octanol–water partition coefficient (Wildman–Crippen LogP) is 8.16. The summed E-state index contributed by atoms with van der Waals surface area (Å²) in [5, 5.41) is 16.2. The van der Waals surface area contributed by atoms with E-state index in [-0.39, 0.29) is 69.6 Å². The van der Waals surface area contributed by atoms with Crippen LogP contribution < -0.4 is 10.6 Å². The zero-order valence-electron chi connectivity index (χ0n) is 36.6. The van der Waals surface area contributed by atoms with Gasteiger partial charge < -0.3 is 20.5 Å². The molecule has 0 bridgehead atoms. The van der Waals surface area contributed by atoms with Crippen LogP contribution in [0.5, 0.6) is 0 Å². The number of fused-ring (bicyclic) bond motifs is 7. The number of amides is 2. The largest absolute Gasteiger partial charge is 0.481 e. The van der Waals surface area contributed by atoms with E-state index in [1.54, 1.807) is 18.3 Å². The van der Waals surface area contributed by atoms with Crippen LogP contribution in [0.4, 0.5) is 0 Å². The van der Waals surface area contributed by atoms with Gasteiger partial charge in [0.05, 0.1) is 22.9 Å². The van der Waals surface area contributed by atoms with Crippen molar-refractivity contribution < 1.29 is 33.8 Å². The molecule has 0 aromatic carbocycles. The highest BCUT2D eigenvalue weighted by Crippen LogP contribution is 2.76. The topological polar surface area (TPSA) is 152 Å². The van der Waals surface area contributed by atoms with Gasteiger partial charge in [-0.3, -0.25) is 29.0 Å². The van der Waals surface area contributed by atoms with E-state index in [4.69, 9.17) is 4.74 Å². The zero-order valence-corrected chi connectivity index (χ0v) is 36.6. The average molecular weight is 798 g/mol. The number of carboxylic acid groups (broad SMARTS) is 1. The van der Waals surface area contributed by atoms with Gasteiger partial charge in [-0.1, -0.05) is 62.3 Å². The number of aliphatic carboxylic acids is 1. The van der Waals surface area contributed by atoms with E-state index in [1.807, 2.05) is 20.8 Å². The lowest BCUT2D eigenvalue weighted by Crippen LogP contribution is -2.68. The van der Waals surface area contributed by atoms with Gasteiger partial charge in [-0.05, 0) is 146 Å². The number of aryl methyl sites for hydroxylation is 1. The van der Waals surface area contributed by atoms with Crippen LogP contribution >= 0.6 is 0 Å². The minimum Gasteiger partial charge on any atom is -0.481 e. The second-order valence-corrected chi connectivity index (χ2v) is 22.2. The zero-order chi connectivity index (χ0) is 42.2. The summed E-state index contributed by atoms with van der Waals surface area (Å²) in [4.78, 5) is 71.6. The fraction of sp³-hybridized carbons (Fsp3) is 0.750. The van der Waals surface area contributed by atoms with Gasteiger partial charge in [0.2, 0.25) is 5.91 Å². The molecular formula is C48H67N3O7. The summed E-state index contributed by atoms with van der Waals surface area (Å²) in [6, 6.07) is 3.53. The van der Waals surface area contributed by atoms with Gasteiger partial charge in [0.25, 0.3) is 5.91 Å². The van der Waals surface area contributed by atoms with Gasteiger partial charge in [-0.2, -0.15) is 0 Å². The number of allylic oxidation sites excluding steroid dienone is 1. The summed E-state index contributed by atoms with van der Waals surface area (Å²) in [7, 11) is 0. The first-order valence-electron chi connectivity index (χ1n) is 22.3. The molecular weight excluding hydrogens is 731 g/mol. The third-order valence-electron chi connectivity index (χ3n) is 18.5. The SMILES string of the molecule is Cc1ccc(C(=O)NC2(C(=O)N[C@@]34CC[C@]5(C)[C@H](CC[C@@H]6[C@@]7(C)CC[C@H](OC(=O)C8C[C@@H](C(=O)O)C8(C)C)C(C)(C)[C@@H]7CC[C@]65C)C3=C(C(C)C)C(=O)C4)CC2)cn1. The first-order chi connectivity index (χ1) is 27.0. The Morgan fingerprint density at radius 3 is 2.12 bits per heavy atom. The highest BCUT2D eigenvalue weighted by Gasteiger charge is 2.71. The van der Waals surface area contributed by atoms with Crippen LogP contribution in [0.3, 0.4) is 0 Å². The predicted molar refractivity (Wildman–Crippen MR) is 219 cm³/mol. The van der Waals surface area contributed by atoms with Crippen LogP contribution in [-0.2, 0) is 23.9 Å². The number of hydrogen-bond donors (Lipinski definition) is 3. The second kappa shape index (κ2) is 13.2. The molecule has 2 amide bonds. The molecule has 3 N–H and O–H groups in total. The number of esters is 1. The molecule has 0 saturated heterocycles. The maximum Gasteiger partial charge on any atom is 0.309 e. The first kappa shape index (κ1) is 41.2. The number of carbonyl (C=O) groups excluding carboxylic acids is 4. The molecule has 316 valence electrons. The van der Waals surface area contributed by atoms with E-state index in [9.17, 15) is 29.1 Å². The van der Waals surface area contributed by atoms with E-state index < -0.39 is 34.3 Å². The van der Waals surface area contributed by atoms with Crippen LogP contribution in [0.15, 0.2) is 29.5 Å². The number of Topliss-reactive ketones (excluding diaryl/α,β-unsaturated/α-hetero) is 1. The fourth-order valence-corrected chi connectivity index (χ4v) is 14.7. The molecule has 6 fully saturated rings. The minimum absolute atomic E-state index is 0.00673. The third-order valence-corrected chi connectivity index (χ3v) is 18.5. The van der Waals surface area contributed by atoms with Crippen molar-refractivity contribution in [3.63, 3.8) is 0 Å². The number of pyridine rings is 1. The van der Waals surface area contributed by atoms with Crippen molar-refractivity contribution in [2.24, 2.45) is 62.6 Å². The standard InChI is InChI=1S/C48H67N3O7/c1-26(2)36-32(52)24-48(51-41(57)47(21-22-47)50-38(53)28-12-11-27(3)49-25-28)20-19-45(9)29(37(36)48)13-14-34-44(8)17-16-35(43(6,7)33(44)15-18-46(34,45)10)58-40(56)31-23-30(39(54)55)42(31,4)5/h11-12,25-26,29-31,33-35H,13-24H2,1-10H3,(H,50,53)(H,51,57)(H,54,55)/t29-,30+,31?,33+,34-,35+,44+,45-,46-,48-/m1/s1. The summed E-state index contributed by atoms with van der Waals surface area (Å²) in [5.74, 6) is -1.37. The monoisotopic (exact) mass is 797 g/mol. The van der Waals surface area contributed by atoms with Gasteiger partial charge >= 0.3 is 11.9 Å². The molecule has 1 heterocycles. The Labute approximate surface area is 344 Å². The van der Waals surface area contributed by atoms with Gasteiger partial charge in [0.15, 0.2) is 5.78 Å². The molecule has 7 aliphatic carbocycles. The van der Waals surface area contributed by atoms with Crippen molar-refractivity contribution in [3.8, 4) is 0 Å². The molecule has 10 heteroatoms. The summed E-state index contributed by atoms with van der Waals surface area (Å²) in [6.45, 7) is 22.0. The molecule has 58 heavy (non-hydrogen) atoms. The Morgan fingerprint density at radius 1 is 0.810 bits per heavy atom. The molecule has 1 aromatic rings. The Hall–Kier alpha value is -3.56. The normalized spacial score (nSPS) is 40.2.